The average Bonchev–Trinajstić information content (AvgIpc) is 2.67. The van der Waals surface area contributed by atoms with Gasteiger partial charge in [0.2, 0.25) is 5.91 Å². The minimum atomic E-state index is 0.00341. The minimum Gasteiger partial charge on any atom is -0.497 e. The maximum absolute atomic E-state index is 11.9. The number of hydrogen-bond donors (Lipinski definition) is 2. The smallest absolute Gasteiger partial charge is 0.220 e. The van der Waals surface area contributed by atoms with Crippen LogP contribution in [-0.4, -0.2) is 26.2 Å². The van der Waals surface area contributed by atoms with Crippen molar-refractivity contribution in [1.82, 2.24) is 5.32 Å². The molecule has 0 bridgehead atoms. The van der Waals surface area contributed by atoms with Crippen LogP contribution >= 0.6 is 0 Å². The lowest BCUT2D eigenvalue weighted by Crippen LogP contribution is -2.28. The van der Waals surface area contributed by atoms with Crippen LogP contribution < -0.4 is 20.5 Å². The van der Waals surface area contributed by atoms with Crippen molar-refractivity contribution < 1.29 is 14.3 Å². The molecule has 5 nitrogen and oxygen atoms in total. The Morgan fingerprint density at radius 1 is 1.55 bits per heavy atom. The van der Waals surface area contributed by atoms with Crippen molar-refractivity contribution in [2.75, 3.05) is 20.3 Å². The van der Waals surface area contributed by atoms with Crippen LogP contribution in [0.3, 0.4) is 0 Å². The summed E-state index contributed by atoms with van der Waals surface area (Å²) in [4.78, 5) is 11.9. The van der Waals surface area contributed by atoms with E-state index in [1.54, 1.807) is 7.11 Å². The lowest BCUT2D eigenvalue weighted by molar-refractivity contribution is -0.121. The summed E-state index contributed by atoms with van der Waals surface area (Å²) in [6.07, 6.45) is 2.98. The molecule has 1 amide bonds. The lowest BCUT2D eigenvalue weighted by atomic mass is 10.0. The summed E-state index contributed by atoms with van der Waals surface area (Å²) in [5.74, 6) is 1.61. The van der Waals surface area contributed by atoms with Gasteiger partial charge in [-0.3, -0.25) is 4.79 Å². The second-order valence-corrected chi connectivity index (χ2v) is 4.91. The zero-order valence-corrected chi connectivity index (χ0v) is 11.9. The van der Waals surface area contributed by atoms with Gasteiger partial charge in [-0.25, -0.2) is 0 Å². The Bertz CT molecular complexity index is 462. The van der Waals surface area contributed by atoms with Gasteiger partial charge >= 0.3 is 0 Å². The molecule has 0 saturated carbocycles. The van der Waals surface area contributed by atoms with E-state index >= 15 is 0 Å². The number of benzene rings is 1. The fourth-order valence-electron chi connectivity index (χ4n) is 2.36. The number of methoxy groups -OCH3 is 1. The van der Waals surface area contributed by atoms with Gasteiger partial charge < -0.3 is 20.5 Å². The molecule has 1 heterocycles. The third-order valence-corrected chi connectivity index (χ3v) is 3.43. The SMILES string of the molecule is COc1ccc2c(c1)OCCCC2NC(=O)CCCN. The minimum absolute atomic E-state index is 0.00341. The van der Waals surface area contributed by atoms with Gasteiger partial charge in [0.25, 0.3) is 0 Å². The monoisotopic (exact) mass is 278 g/mol. The van der Waals surface area contributed by atoms with Gasteiger partial charge in [0, 0.05) is 18.1 Å². The standard InChI is InChI=1S/C15H22N2O3/c1-19-11-6-7-12-13(17-15(18)5-2-8-16)4-3-9-20-14(12)10-11/h6-7,10,13H,2-5,8-9,16H2,1H3,(H,17,18). The largest absolute Gasteiger partial charge is 0.497 e. The summed E-state index contributed by atoms with van der Waals surface area (Å²) in [5, 5.41) is 3.07. The normalized spacial score (nSPS) is 17.6. The molecule has 1 aromatic carbocycles. The first-order valence-electron chi connectivity index (χ1n) is 7.04. The summed E-state index contributed by atoms with van der Waals surface area (Å²) in [7, 11) is 1.63. The Kier molecular flexibility index (Phi) is 5.24. The third kappa shape index (κ3) is 3.63. The molecule has 0 radical (unpaired) electrons. The number of carbonyl (C=O) groups is 1. The fraction of sp³-hybridized carbons (Fsp3) is 0.533. The second-order valence-electron chi connectivity index (χ2n) is 4.91. The quantitative estimate of drug-likeness (QED) is 0.861. The van der Waals surface area contributed by atoms with E-state index in [1.165, 1.54) is 0 Å². The number of fused-ring (bicyclic) bond motifs is 1. The molecule has 1 aromatic rings. The van der Waals surface area contributed by atoms with Crippen LogP contribution in [0.15, 0.2) is 18.2 Å². The van der Waals surface area contributed by atoms with Crippen molar-refractivity contribution in [2.45, 2.75) is 31.7 Å². The molecule has 0 spiro atoms. The van der Waals surface area contributed by atoms with Crippen molar-refractivity contribution in [3.05, 3.63) is 23.8 Å². The van der Waals surface area contributed by atoms with E-state index in [1.807, 2.05) is 18.2 Å². The number of ether oxygens (including phenoxy) is 2. The zero-order valence-electron chi connectivity index (χ0n) is 11.9. The van der Waals surface area contributed by atoms with E-state index in [0.717, 1.165) is 29.9 Å². The Morgan fingerprint density at radius 2 is 2.40 bits per heavy atom. The van der Waals surface area contributed by atoms with Crippen molar-refractivity contribution in [2.24, 2.45) is 5.73 Å². The number of nitrogens with one attached hydrogen (secondary N) is 1. The molecular formula is C15H22N2O3. The topological polar surface area (TPSA) is 73.6 Å². The Balaban J connectivity index is 2.12. The van der Waals surface area contributed by atoms with Gasteiger partial charge in [-0.05, 0) is 37.9 Å². The number of amides is 1. The van der Waals surface area contributed by atoms with Crippen molar-refractivity contribution in [3.63, 3.8) is 0 Å². The molecule has 20 heavy (non-hydrogen) atoms. The van der Waals surface area contributed by atoms with Crippen LogP contribution in [0.5, 0.6) is 11.5 Å². The maximum Gasteiger partial charge on any atom is 0.220 e. The average molecular weight is 278 g/mol. The molecule has 0 aliphatic carbocycles. The van der Waals surface area contributed by atoms with E-state index in [0.29, 0.717) is 26.0 Å². The molecule has 0 saturated heterocycles. The first-order chi connectivity index (χ1) is 9.74. The maximum atomic E-state index is 11.9. The third-order valence-electron chi connectivity index (χ3n) is 3.43. The van der Waals surface area contributed by atoms with E-state index < -0.39 is 0 Å². The number of nitrogens with two attached hydrogens (primary N) is 1. The van der Waals surface area contributed by atoms with Crippen molar-refractivity contribution in [3.8, 4) is 11.5 Å². The predicted octanol–water partition coefficient (Wildman–Crippen LogP) is 1.76. The molecule has 3 N–H and O–H groups in total. The predicted molar refractivity (Wildman–Crippen MR) is 76.9 cm³/mol. The van der Waals surface area contributed by atoms with Crippen LogP contribution in [0.4, 0.5) is 0 Å². The van der Waals surface area contributed by atoms with Gasteiger partial charge in [0.15, 0.2) is 0 Å². The summed E-state index contributed by atoms with van der Waals surface area (Å²) >= 11 is 0. The van der Waals surface area contributed by atoms with E-state index in [9.17, 15) is 4.79 Å². The summed E-state index contributed by atoms with van der Waals surface area (Å²) < 4.78 is 10.9. The van der Waals surface area contributed by atoms with Crippen LogP contribution in [0.2, 0.25) is 0 Å². The number of hydrogen-bond acceptors (Lipinski definition) is 4. The van der Waals surface area contributed by atoms with Crippen LogP contribution in [0, 0.1) is 0 Å². The first kappa shape index (κ1) is 14.7. The first-order valence-corrected chi connectivity index (χ1v) is 7.04. The van der Waals surface area contributed by atoms with E-state index in [2.05, 4.69) is 5.32 Å². The summed E-state index contributed by atoms with van der Waals surface area (Å²) in [6.45, 7) is 1.20. The molecular weight excluding hydrogens is 256 g/mol. The van der Waals surface area contributed by atoms with Gasteiger partial charge in [0.1, 0.15) is 11.5 Å². The van der Waals surface area contributed by atoms with Gasteiger partial charge in [0.05, 0.1) is 19.8 Å². The summed E-state index contributed by atoms with van der Waals surface area (Å²) in [5.41, 5.74) is 6.45. The zero-order chi connectivity index (χ0) is 14.4. The van der Waals surface area contributed by atoms with Gasteiger partial charge in [-0.1, -0.05) is 0 Å². The molecule has 0 fully saturated rings. The second kappa shape index (κ2) is 7.14. The number of carbonyl (C=O) groups excluding carboxylic acids is 1. The van der Waals surface area contributed by atoms with Crippen molar-refractivity contribution >= 4 is 5.91 Å². The Morgan fingerprint density at radius 3 is 3.15 bits per heavy atom. The van der Waals surface area contributed by atoms with E-state index in [-0.39, 0.29) is 11.9 Å². The lowest BCUT2D eigenvalue weighted by Gasteiger charge is -2.19. The van der Waals surface area contributed by atoms with Crippen LogP contribution in [0.25, 0.3) is 0 Å². The number of rotatable bonds is 5. The highest BCUT2D eigenvalue weighted by Crippen LogP contribution is 2.34. The molecule has 5 heteroatoms. The molecule has 110 valence electrons. The highest BCUT2D eigenvalue weighted by atomic mass is 16.5. The molecule has 1 aliphatic heterocycles. The van der Waals surface area contributed by atoms with Crippen molar-refractivity contribution in [1.29, 1.82) is 0 Å². The fourth-order valence-corrected chi connectivity index (χ4v) is 2.36. The molecule has 1 atom stereocenters. The van der Waals surface area contributed by atoms with Crippen LogP contribution in [-0.2, 0) is 4.79 Å². The van der Waals surface area contributed by atoms with E-state index in [4.69, 9.17) is 15.2 Å². The Hall–Kier alpha value is -1.75. The van der Waals surface area contributed by atoms with Gasteiger partial charge in [-0.15, -0.1) is 0 Å². The highest BCUT2D eigenvalue weighted by molar-refractivity contribution is 5.76. The Labute approximate surface area is 119 Å². The highest BCUT2D eigenvalue weighted by Gasteiger charge is 2.21. The molecule has 1 aliphatic rings. The summed E-state index contributed by atoms with van der Waals surface area (Å²) in [6, 6.07) is 5.74. The van der Waals surface area contributed by atoms with Gasteiger partial charge in [-0.2, -0.15) is 0 Å². The molecule has 1 unspecified atom stereocenters. The molecule has 0 aromatic heterocycles. The molecule has 2 rings (SSSR count). The van der Waals surface area contributed by atoms with Crippen LogP contribution in [0.1, 0.15) is 37.3 Å².